The third-order valence-electron chi connectivity index (χ3n) is 7.82. The summed E-state index contributed by atoms with van der Waals surface area (Å²) >= 11 is 0. The van der Waals surface area contributed by atoms with E-state index < -0.39 is 17.5 Å². The quantitative estimate of drug-likeness (QED) is 0.237. The Morgan fingerprint density at radius 1 is 1.02 bits per heavy atom. The summed E-state index contributed by atoms with van der Waals surface area (Å²) in [6, 6.07) is 7.30. The van der Waals surface area contributed by atoms with Crippen LogP contribution in [0, 0.1) is 11.6 Å². The zero-order valence-electron chi connectivity index (χ0n) is 23.9. The van der Waals surface area contributed by atoms with Gasteiger partial charge in [0, 0.05) is 44.6 Å². The molecule has 0 atom stereocenters. The molecule has 0 spiro atoms. The summed E-state index contributed by atoms with van der Waals surface area (Å²) in [5.41, 5.74) is 2.62. The van der Waals surface area contributed by atoms with Gasteiger partial charge in [0.05, 0.1) is 36.0 Å². The smallest absolute Gasteiger partial charge is 0.256 e. The van der Waals surface area contributed by atoms with E-state index in [1.807, 2.05) is 17.0 Å². The Kier molecular flexibility index (Phi) is 7.70. The number of aromatic nitrogens is 3. The van der Waals surface area contributed by atoms with E-state index in [0.717, 1.165) is 62.6 Å². The first-order valence-electron chi connectivity index (χ1n) is 14.2. The fourth-order valence-corrected chi connectivity index (χ4v) is 5.71. The molecule has 2 aromatic heterocycles. The van der Waals surface area contributed by atoms with E-state index in [-0.39, 0.29) is 28.9 Å². The van der Waals surface area contributed by atoms with Crippen LogP contribution in [0.5, 0.6) is 5.75 Å². The standard InChI is InChI=1S/C30H32F2N8O3/c1-33-29(42)26-20(32)13-18(31)14-22(26)35-28-19-7-8-34-27(19)37-30(38-28)36-21-15-23-17(12-24(21)43-2)6-5-11-40(23)16-25(41)39-9-3-4-10-39/h7-8,12-15H,3-6,9-11,16H2,1-2H3,(H,33,42)(H3,34,35,36,37,38). The lowest BCUT2D eigenvalue weighted by Crippen LogP contribution is -2.41. The minimum absolute atomic E-state index is 0.0892. The number of amides is 2. The Hall–Kier alpha value is -4.94. The Morgan fingerprint density at radius 2 is 1.84 bits per heavy atom. The molecule has 2 aliphatic heterocycles. The Morgan fingerprint density at radius 3 is 2.60 bits per heavy atom. The fourth-order valence-electron chi connectivity index (χ4n) is 5.71. The summed E-state index contributed by atoms with van der Waals surface area (Å²) < 4.78 is 34.6. The molecule has 0 unspecified atom stereocenters. The summed E-state index contributed by atoms with van der Waals surface area (Å²) in [6.07, 6.45) is 5.52. The SMILES string of the molecule is CNC(=O)c1c(F)cc(F)cc1Nc1nc(Nc2cc3c(cc2OC)CCCN3CC(=O)N2CCCC2)nc2[nH]ccc12. The van der Waals surface area contributed by atoms with E-state index in [0.29, 0.717) is 35.1 Å². The van der Waals surface area contributed by atoms with Crippen LogP contribution in [-0.4, -0.2) is 72.0 Å². The normalized spacial score (nSPS) is 14.5. The van der Waals surface area contributed by atoms with Gasteiger partial charge in [-0.2, -0.15) is 9.97 Å². The van der Waals surface area contributed by atoms with Crippen molar-refractivity contribution in [2.45, 2.75) is 25.7 Å². The molecular formula is C30H32F2N8O3. The number of nitrogens with one attached hydrogen (secondary N) is 4. The minimum Gasteiger partial charge on any atom is -0.495 e. The molecule has 0 radical (unpaired) electrons. The second-order valence-electron chi connectivity index (χ2n) is 10.6. The van der Waals surface area contributed by atoms with Crippen LogP contribution in [0.2, 0.25) is 0 Å². The van der Waals surface area contributed by atoms with Crippen LogP contribution in [0.25, 0.3) is 11.0 Å². The van der Waals surface area contributed by atoms with Gasteiger partial charge in [-0.05, 0) is 55.5 Å². The van der Waals surface area contributed by atoms with Crippen molar-refractivity contribution in [3.63, 3.8) is 0 Å². The maximum atomic E-state index is 14.7. The van der Waals surface area contributed by atoms with Gasteiger partial charge in [-0.3, -0.25) is 9.59 Å². The van der Waals surface area contributed by atoms with E-state index in [4.69, 9.17) is 4.74 Å². The molecular weight excluding hydrogens is 558 g/mol. The highest BCUT2D eigenvalue weighted by Crippen LogP contribution is 2.38. The third-order valence-corrected chi connectivity index (χ3v) is 7.82. The Bertz CT molecular complexity index is 1700. The van der Waals surface area contributed by atoms with Crippen molar-refractivity contribution in [2.24, 2.45) is 0 Å². The molecule has 4 N–H and O–H groups in total. The average Bonchev–Trinajstić information content (AvgIpc) is 3.70. The number of nitrogens with zero attached hydrogens (tertiary/aromatic N) is 4. The Labute approximate surface area is 246 Å². The number of anilines is 5. The first-order valence-corrected chi connectivity index (χ1v) is 14.2. The number of methoxy groups -OCH3 is 1. The lowest BCUT2D eigenvalue weighted by molar-refractivity contribution is -0.128. The third kappa shape index (κ3) is 5.62. The van der Waals surface area contributed by atoms with E-state index >= 15 is 0 Å². The number of likely N-dealkylation sites (tertiary alicyclic amines) is 1. The maximum Gasteiger partial charge on any atom is 0.256 e. The summed E-state index contributed by atoms with van der Waals surface area (Å²) in [6.45, 7) is 2.67. The zero-order valence-corrected chi connectivity index (χ0v) is 23.9. The molecule has 1 fully saturated rings. The van der Waals surface area contributed by atoms with Crippen LogP contribution in [0.15, 0.2) is 36.5 Å². The van der Waals surface area contributed by atoms with Crippen LogP contribution in [-0.2, 0) is 11.2 Å². The Balaban J connectivity index is 1.34. The number of H-pyrrole nitrogens is 1. The molecule has 4 heterocycles. The minimum atomic E-state index is -1.01. The van der Waals surface area contributed by atoms with Crippen LogP contribution < -0.4 is 25.6 Å². The highest BCUT2D eigenvalue weighted by Gasteiger charge is 2.26. The van der Waals surface area contributed by atoms with Crippen LogP contribution >= 0.6 is 0 Å². The number of benzene rings is 2. The molecule has 11 nitrogen and oxygen atoms in total. The highest BCUT2D eigenvalue weighted by atomic mass is 19.1. The monoisotopic (exact) mass is 590 g/mol. The molecule has 2 aliphatic rings. The summed E-state index contributed by atoms with van der Waals surface area (Å²) in [7, 11) is 2.94. The number of fused-ring (bicyclic) bond motifs is 2. The lowest BCUT2D eigenvalue weighted by atomic mass is 10.00. The van der Waals surface area contributed by atoms with Crippen LogP contribution in [0.1, 0.15) is 35.2 Å². The molecule has 0 saturated carbocycles. The predicted octanol–water partition coefficient (Wildman–Crippen LogP) is 4.47. The largest absolute Gasteiger partial charge is 0.495 e. The van der Waals surface area contributed by atoms with Crippen molar-refractivity contribution in [1.82, 2.24) is 25.2 Å². The van der Waals surface area contributed by atoms with Gasteiger partial charge in [-0.15, -0.1) is 0 Å². The molecule has 43 heavy (non-hydrogen) atoms. The number of aryl methyl sites for hydroxylation is 1. The molecule has 0 aliphatic carbocycles. The van der Waals surface area contributed by atoms with Crippen molar-refractivity contribution in [3.05, 3.63) is 59.3 Å². The number of halogens is 2. The second kappa shape index (κ2) is 11.7. The van der Waals surface area contributed by atoms with Crippen molar-refractivity contribution < 1.29 is 23.1 Å². The molecule has 4 aromatic rings. The molecule has 2 amide bonds. The molecule has 0 bridgehead atoms. The van der Waals surface area contributed by atoms with Crippen molar-refractivity contribution in [3.8, 4) is 5.75 Å². The molecule has 2 aromatic carbocycles. The van der Waals surface area contributed by atoms with Crippen molar-refractivity contribution >= 4 is 51.7 Å². The fraction of sp³-hybridized carbons (Fsp3) is 0.333. The topological polar surface area (TPSA) is 128 Å². The predicted molar refractivity (Wildman–Crippen MR) is 160 cm³/mol. The summed E-state index contributed by atoms with van der Waals surface area (Å²) in [5, 5.41) is 9.07. The summed E-state index contributed by atoms with van der Waals surface area (Å²) in [4.78, 5) is 41.6. The number of ether oxygens (including phenoxy) is 1. The van der Waals surface area contributed by atoms with Gasteiger partial charge in [-0.1, -0.05) is 0 Å². The van der Waals surface area contributed by atoms with Gasteiger partial charge in [0.1, 0.15) is 28.8 Å². The number of aromatic amines is 1. The van der Waals surface area contributed by atoms with E-state index in [1.165, 1.54) is 7.05 Å². The van der Waals surface area contributed by atoms with Gasteiger partial charge in [-0.25, -0.2) is 8.78 Å². The first kappa shape index (κ1) is 28.2. The van der Waals surface area contributed by atoms with E-state index in [9.17, 15) is 18.4 Å². The van der Waals surface area contributed by atoms with Crippen molar-refractivity contribution in [2.75, 3.05) is 55.9 Å². The van der Waals surface area contributed by atoms with E-state index in [1.54, 1.807) is 19.4 Å². The highest BCUT2D eigenvalue weighted by molar-refractivity contribution is 6.01. The van der Waals surface area contributed by atoms with Gasteiger partial charge < -0.3 is 35.5 Å². The first-order chi connectivity index (χ1) is 20.8. The van der Waals surface area contributed by atoms with Crippen molar-refractivity contribution in [1.29, 1.82) is 0 Å². The van der Waals surface area contributed by atoms with Gasteiger partial charge >= 0.3 is 0 Å². The average molecular weight is 591 g/mol. The van der Waals surface area contributed by atoms with Gasteiger partial charge in [0.2, 0.25) is 11.9 Å². The number of carbonyl (C=O) groups is 2. The molecule has 6 rings (SSSR count). The molecule has 224 valence electrons. The molecule has 1 saturated heterocycles. The number of hydrogen-bond donors (Lipinski definition) is 4. The van der Waals surface area contributed by atoms with E-state index in [2.05, 4.69) is 35.8 Å². The van der Waals surface area contributed by atoms with Crippen LogP contribution in [0.3, 0.4) is 0 Å². The summed E-state index contributed by atoms with van der Waals surface area (Å²) in [5.74, 6) is -1.49. The maximum absolute atomic E-state index is 14.7. The zero-order chi connectivity index (χ0) is 30.1. The van der Waals surface area contributed by atoms with Gasteiger partial charge in [0.15, 0.2) is 0 Å². The lowest BCUT2D eigenvalue weighted by Gasteiger charge is -2.33. The number of hydrogen-bond acceptors (Lipinski definition) is 8. The number of rotatable bonds is 8. The molecule has 13 heteroatoms. The van der Waals surface area contributed by atoms with Crippen LogP contribution in [0.4, 0.5) is 37.6 Å². The number of carbonyl (C=O) groups excluding carboxylic acids is 2. The van der Waals surface area contributed by atoms with Gasteiger partial charge in [0.25, 0.3) is 5.91 Å². The second-order valence-corrected chi connectivity index (χ2v) is 10.6.